The van der Waals surface area contributed by atoms with Crippen LogP contribution in [0.15, 0.2) is 0 Å². The standard InChI is InChI=1S/C9H16O2/c1-6(2)8-4-7(3)9(5-10)11-8/h5-9H,4H2,1-3H3/t7-,8+,9+/m0/s1. The minimum absolute atomic E-state index is 0.151. The van der Waals surface area contributed by atoms with Crippen molar-refractivity contribution < 1.29 is 9.53 Å². The molecule has 1 fully saturated rings. The van der Waals surface area contributed by atoms with Gasteiger partial charge in [0.1, 0.15) is 12.4 Å². The summed E-state index contributed by atoms with van der Waals surface area (Å²) in [4.78, 5) is 10.5. The van der Waals surface area contributed by atoms with Crippen LogP contribution in [0.5, 0.6) is 0 Å². The van der Waals surface area contributed by atoms with Gasteiger partial charge >= 0.3 is 0 Å². The van der Waals surface area contributed by atoms with Crippen LogP contribution in [-0.4, -0.2) is 18.5 Å². The van der Waals surface area contributed by atoms with Crippen molar-refractivity contribution in [2.45, 2.75) is 39.4 Å². The van der Waals surface area contributed by atoms with E-state index in [0.29, 0.717) is 17.9 Å². The van der Waals surface area contributed by atoms with Crippen LogP contribution in [0.1, 0.15) is 27.2 Å². The van der Waals surface area contributed by atoms with E-state index < -0.39 is 0 Å². The summed E-state index contributed by atoms with van der Waals surface area (Å²) in [6.45, 7) is 6.33. The molecular weight excluding hydrogens is 140 g/mol. The monoisotopic (exact) mass is 156 g/mol. The average Bonchev–Trinajstić information content (AvgIpc) is 2.31. The second-order valence-corrected chi connectivity index (χ2v) is 3.73. The van der Waals surface area contributed by atoms with Gasteiger partial charge in [-0.05, 0) is 18.3 Å². The molecule has 0 N–H and O–H groups in total. The van der Waals surface area contributed by atoms with E-state index in [-0.39, 0.29) is 6.10 Å². The topological polar surface area (TPSA) is 26.3 Å². The fourth-order valence-corrected chi connectivity index (χ4v) is 1.49. The summed E-state index contributed by atoms with van der Waals surface area (Å²) >= 11 is 0. The van der Waals surface area contributed by atoms with Gasteiger partial charge in [0.15, 0.2) is 0 Å². The molecule has 1 aliphatic rings. The maximum Gasteiger partial charge on any atom is 0.149 e. The van der Waals surface area contributed by atoms with E-state index in [9.17, 15) is 4.79 Å². The van der Waals surface area contributed by atoms with Crippen molar-refractivity contribution in [2.24, 2.45) is 11.8 Å². The third-order valence-electron chi connectivity index (χ3n) is 2.37. The molecule has 11 heavy (non-hydrogen) atoms. The number of carbonyl (C=O) groups excluding carboxylic acids is 1. The number of ether oxygens (including phenoxy) is 1. The van der Waals surface area contributed by atoms with Crippen LogP contribution in [0.25, 0.3) is 0 Å². The average molecular weight is 156 g/mol. The van der Waals surface area contributed by atoms with Gasteiger partial charge in [-0.3, -0.25) is 0 Å². The van der Waals surface area contributed by atoms with Crippen LogP contribution in [0, 0.1) is 11.8 Å². The lowest BCUT2D eigenvalue weighted by Crippen LogP contribution is -2.18. The molecule has 0 amide bonds. The van der Waals surface area contributed by atoms with Crippen LogP contribution < -0.4 is 0 Å². The number of aldehydes is 1. The summed E-state index contributed by atoms with van der Waals surface area (Å²) in [6.07, 6.45) is 2.09. The Bertz CT molecular complexity index is 142. The molecule has 0 radical (unpaired) electrons. The highest BCUT2D eigenvalue weighted by molar-refractivity contribution is 5.57. The Balaban J connectivity index is 2.49. The summed E-state index contributed by atoms with van der Waals surface area (Å²) in [5.74, 6) is 0.933. The lowest BCUT2D eigenvalue weighted by atomic mass is 9.97. The van der Waals surface area contributed by atoms with Crippen LogP contribution in [0.3, 0.4) is 0 Å². The Morgan fingerprint density at radius 1 is 1.55 bits per heavy atom. The molecule has 2 nitrogen and oxygen atoms in total. The second-order valence-electron chi connectivity index (χ2n) is 3.73. The van der Waals surface area contributed by atoms with Crippen molar-refractivity contribution in [2.75, 3.05) is 0 Å². The van der Waals surface area contributed by atoms with Gasteiger partial charge in [-0.2, -0.15) is 0 Å². The van der Waals surface area contributed by atoms with Crippen molar-refractivity contribution in [3.63, 3.8) is 0 Å². The lowest BCUT2D eigenvalue weighted by molar-refractivity contribution is -0.119. The van der Waals surface area contributed by atoms with E-state index in [0.717, 1.165) is 12.7 Å². The van der Waals surface area contributed by atoms with Gasteiger partial charge in [0.05, 0.1) is 6.10 Å². The highest BCUT2D eigenvalue weighted by Gasteiger charge is 2.33. The fourth-order valence-electron chi connectivity index (χ4n) is 1.49. The van der Waals surface area contributed by atoms with Crippen LogP contribution in [0.4, 0.5) is 0 Å². The zero-order chi connectivity index (χ0) is 8.43. The Kier molecular flexibility index (Phi) is 2.66. The lowest BCUT2D eigenvalue weighted by Gasteiger charge is -2.13. The molecule has 1 saturated heterocycles. The summed E-state index contributed by atoms with van der Waals surface area (Å²) < 4.78 is 5.52. The predicted molar refractivity (Wildman–Crippen MR) is 43.3 cm³/mol. The fraction of sp³-hybridized carbons (Fsp3) is 0.889. The van der Waals surface area contributed by atoms with E-state index in [4.69, 9.17) is 4.74 Å². The molecule has 0 saturated carbocycles. The molecule has 0 unspecified atom stereocenters. The summed E-state index contributed by atoms with van der Waals surface area (Å²) in [6, 6.07) is 0. The molecule has 64 valence electrons. The molecule has 1 rings (SSSR count). The first-order valence-electron chi connectivity index (χ1n) is 4.26. The maximum atomic E-state index is 10.5. The number of rotatable bonds is 2. The van der Waals surface area contributed by atoms with Gasteiger partial charge in [-0.15, -0.1) is 0 Å². The molecule has 0 bridgehead atoms. The minimum Gasteiger partial charge on any atom is -0.367 e. The normalized spacial score (nSPS) is 38.0. The third kappa shape index (κ3) is 1.80. The van der Waals surface area contributed by atoms with Crippen LogP contribution in [-0.2, 0) is 9.53 Å². The SMILES string of the molecule is CC(C)[C@H]1C[C@H](C)[C@@H](C=O)O1. The first-order valence-corrected chi connectivity index (χ1v) is 4.26. The van der Waals surface area contributed by atoms with Gasteiger partial charge in [0.25, 0.3) is 0 Å². The molecule has 0 aromatic rings. The van der Waals surface area contributed by atoms with E-state index in [1.165, 1.54) is 0 Å². The largest absolute Gasteiger partial charge is 0.367 e. The first-order chi connectivity index (χ1) is 5.15. The van der Waals surface area contributed by atoms with E-state index >= 15 is 0 Å². The number of hydrogen-bond donors (Lipinski definition) is 0. The van der Waals surface area contributed by atoms with E-state index in [2.05, 4.69) is 20.8 Å². The second kappa shape index (κ2) is 3.35. The van der Waals surface area contributed by atoms with E-state index in [1.54, 1.807) is 0 Å². The predicted octanol–water partition coefficient (Wildman–Crippen LogP) is 1.63. The quantitative estimate of drug-likeness (QED) is 0.568. The van der Waals surface area contributed by atoms with Gasteiger partial charge in [0, 0.05) is 0 Å². The van der Waals surface area contributed by atoms with Gasteiger partial charge < -0.3 is 9.53 Å². The van der Waals surface area contributed by atoms with Crippen molar-refractivity contribution in [3.8, 4) is 0 Å². The van der Waals surface area contributed by atoms with Crippen molar-refractivity contribution >= 4 is 6.29 Å². The number of carbonyl (C=O) groups is 1. The zero-order valence-corrected chi connectivity index (χ0v) is 7.41. The van der Waals surface area contributed by atoms with E-state index in [1.807, 2.05) is 0 Å². The first kappa shape index (κ1) is 8.72. The highest BCUT2D eigenvalue weighted by Crippen LogP contribution is 2.28. The molecule has 0 aromatic carbocycles. The molecule has 0 spiro atoms. The smallest absolute Gasteiger partial charge is 0.149 e. The van der Waals surface area contributed by atoms with Crippen LogP contribution in [0.2, 0.25) is 0 Å². The molecule has 1 heterocycles. The summed E-state index contributed by atoms with van der Waals surface area (Å²) in [5, 5.41) is 0. The Morgan fingerprint density at radius 3 is 2.45 bits per heavy atom. The van der Waals surface area contributed by atoms with Crippen molar-refractivity contribution in [1.29, 1.82) is 0 Å². The van der Waals surface area contributed by atoms with Crippen LogP contribution >= 0.6 is 0 Å². The molecule has 1 aliphatic heterocycles. The molecule has 2 heteroatoms. The molecular formula is C9H16O2. The summed E-state index contributed by atoms with van der Waals surface area (Å²) in [5.41, 5.74) is 0. The minimum atomic E-state index is -0.151. The van der Waals surface area contributed by atoms with Gasteiger partial charge in [-0.25, -0.2) is 0 Å². The van der Waals surface area contributed by atoms with Gasteiger partial charge in [-0.1, -0.05) is 20.8 Å². The van der Waals surface area contributed by atoms with Crippen molar-refractivity contribution in [3.05, 3.63) is 0 Å². The molecule has 0 aromatic heterocycles. The highest BCUT2D eigenvalue weighted by atomic mass is 16.5. The Labute approximate surface area is 67.9 Å². The Morgan fingerprint density at radius 2 is 2.18 bits per heavy atom. The van der Waals surface area contributed by atoms with Gasteiger partial charge in [0.2, 0.25) is 0 Å². The molecule has 0 aliphatic carbocycles. The maximum absolute atomic E-state index is 10.5. The molecule has 3 atom stereocenters. The summed E-state index contributed by atoms with van der Waals surface area (Å²) in [7, 11) is 0. The number of hydrogen-bond acceptors (Lipinski definition) is 2. The zero-order valence-electron chi connectivity index (χ0n) is 7.41. The van der Waals surface area contributed by atoms with Crippen molar-refractivity contribution in [1.82, 2.24) is 0 Å². The Hall–Kier alpha value is -0.370. The third-order valence-corrected chi connectivity index (χ3v) is 2.37.